The summed E-state index contributed by atoms with van der Waals surface area (Å²) in [6.45, 7) is 0. The molecule has 51 valence electrons. The van der Waals surface area contributed by atoms with Gasteiger partial charge in [-0.1, -0.05) is 0 Å². The largest absolute Gasteiger partial charge is 0.487 e. The van der Waals surface area contributed by atoms with Gasteiger partial charge in [-0.25, -0.2) is 4.79 Å². The van der Waals surface area contributed by atoms with E-state index in [1.165, 1.54) is 6.26 Å². The molecule has 3 nitrogen and oxygen atoms in total. The van der Waals surface area contributed by atoms with Crippen molar-refractivity contribution in [2.45, 2.75) is 18.9 Å². The first-order chi connectivity index (χ1) is 4.30. The summed E-state index contributed by atoms with van der Waals surface area (Å²) in [5.74, 6) is -0.876. The third-order valence-corrected chi connectivity index (χ3v) is 1.21. The molecule has 1 heterocycles. The van der Waals surface area contributed by atoms with Crippen molar-refractivity contribution in [2.75, 3.05) is 0 Å². The molecular formula is C6H8NaO3. The van der Waals surface area contributed by atoms with E-state index in [1.54, 1.807) is 0 Å². The number of hydrogen-bond donors (Lipinski definition) is 1. The van der Waals surface area contributed by atoms with Crippen LogP contribution < -0.4 is 0 Å². The Balaban J connectivity index is 0.000000810. The third kappa shape index (κ3) is 2.73. The monoisotopic (exact) mass is 151 g/mol. The molecule has 0 aromatic carbocycles. The van der Waals surface area contributed by atoms with Crippen LogP contribution in [0.1, 0.15) is 12.8 Å². The molecule has 0 bridgehead atoms. The molecule has 1 unspecified atom stereocenters. The van der Waals surface area contributed by atoms with Crippen molar-refractivity contribution in [3.63, 3.8) is 0 Å². The summed E-state index contributed by atoms with van der Waals surface area (Å²) in [4.78, 5) is 10.2. The van der Waals surface area contributed by atoms with E-state index in [9.17, 15) is 4.79 Å². The normalized spacial score (nSPS) is 22.6. The Morgan fingerprint density at radius 3 is 2.70 bits per heavy atom. The molecule has 10 heavy (non-hydrogen) atoms. The number of carbonyl (C=O) groups is 1. The zero-order chi connectivity index (χ0) is 6.69. The summed E-state index contributed by atoms with van der Waals surface area (Å²) >= 11 is 0. The van der Waals surface area contributed by atoms with Gasteiger partial charge in [0.05, 0.1) is 6.26 Å². The van der Waals surface area contributed by atoms with E-state index >= 15 is 0 Å². The maximum absolute atomic E-state index is 10.2. The molecule has 4 heteroatoms. The second-order valence-electron chi connectivity index (χ2n) is 1.91. The molecule has 0 fully saturated rings. The molecule has 1 aliphatic rings. The average Bonchev–Trinajstić information content (AvgIpc) is 1.90. The van der Waals surface area contributed by atoms with Gasteiger partial charge in [0.2, 0.25) is 0 Å². The summed E-state index contributed by atoms with van der Waals surface area (Å²) in [7, 11) is 0. The first-order valence-electron chi connectivity index (χ1n) is 2.84. The maximum Gasteiger partial charge on any atom is 0.344 e. The minimum atomic E-state index is -0.876. The topological polar surface area (TPSA) is 46.5 Å². The van der Waals surface area contributed by atoms with E-state index in [0.29, 0.717) is 6.42 Å². The van der Waals surface area contributed by atoms with Gasteiger partial charge in [0.1, 0.15) is 0 Å². The Morgan fingerprint density at radius 1 is 1.70 bits per heavy atom. The van der Waals surface area contributed by atoms with Crippen molar-refractivity contribution in [2.24, 2.45) is 0 Å². The minimum absolute atomic E-state index is 0. The fraction of sp³-hybridized carbons (Fsp3) is 0.500. The molecule has 0 saturated heterocycles. The molecule has 0 aromatic heterocycles. The fourth-order valence-corrected chi connectivity index (χ4v) is 0.716. The summed E-state index contributed by atoms with van der Waals surface area (Å²) in [6, 6.07) is 0. The van der Waals surface area contributed by atoms with Crippen LogP contribution in [0, 0.1) is 0 Å². The van der Waals surface area contributed by atoms with Crippen LogP contribution in [-0.2, 0) is 9.53 Å². The second kappa shape index (κ2) is 4.77. The molecule has 1 aliphatic heterocycles. The van der Waals surface area contributed by atoms with E-state index in [1.807, 2.05) is 6.08 Å². The number of allylic oxidation sites excluding steroid dienone is 1. The average molecular weight is 151 g/mol. The predicted molar refractivity (Wildman–Crippen MR) is 36.6 cm³/mol. The minimum Gasteiger partial charge on any atom is -0.487 e. The zero-order valence-corrected chi connectivity index (χ0v) is 7.91. The van der Waals surface area contributed by atoms with Crippen molar-refractivity contribution in [3.05, 3.63) is 12.3 Å². The second-order valence-corrected chi connectivity index (χ2v) is 1.91. The molecule has 0 aliphatic carbocycles. The van der Waals surface area contributed by atoms with Gasteiger partial charge in [-0.2, -0.15) is 0 Å². The maximum atomic E-state index is 10.2. The SMILES string of the molecule is O=C(O)C1CCC=CO1.[Na]. The van der Waals surface area contributed by atoms with Crippen molar-refractivity contribution in [1.82, 2.24) is 0 Å². The Bertz CT molecular complexity index is 144. The van der Waals surface area contributed by atoms with Crippen molar-refractivity contribution >= 4 is 35.5 Å². The van der Waals surface area contributed by atoms with Crippen molar-refractivity contribution in [1.29, 1.82) is 0 Å². The van der Waals surface area contributed by atoms with Crippen LogP contribution in [-0.4, -0.2) is 46.7 Å². The van der Waals surface area contributed by atoms with Gasteiger partial charge >= 0.3 is 5.97 Å². The summed E-state index contributed by atoms with van der Waals surface area (Å²) in [5, 5.41) is 8.38. The van der Waals surface area contributed by atoms with E-state index in [0.717, 1.165) is 6.42 Å². The number of carboxylic acid groups (broad SMARTS) is 1. The van der Waals surface area contributed by atoms with Gasteiger partial charge in [0.15, 0.2) is 6.10 Å². The van der Waals surface area contributed by atoms with Crippen LogP contribution >= 0.6 is 0 Å². The third-order valence-electron chi connectivity index (χ3n) is 1.21. The van der Waals surface area contributed by atoms with Crippen LogP contribution in [0.2, 0.25) is 0 Å². The van der Waals surface area contributed by atoms with Gasteiger partial charge in [-0.3, -0.25) is 0 Å². The van der Waals surface area contributed by atoms with Gasteiger partial charge in [0, 0.05) is 29.6 Å². The fourth-order valence-electron chi connectivity index (χ4n) is 0.716. The van der Waals surface area contributed by atoms with Crippen molar-refractivity contribution in [3.8, 4) is 0 Å². The first kappa shape index (κ1) is 10.0. The van der Waals surface area contributed by atoms with E-state index < -0.39 is 12.1 Å². The van der Waals surface area contributed by atoms with E-state index in [2.05, 4.69) is 0 Å². The number of hydrogen-bond acceptors (Lipinski definition) is 2. The van der Waals surface area contributed by atoms with E-state index in [-0.39, 0.29) is 29.6 Å². The Hall–Kier alpha value is 0.0100. The van der Waals surface area contributed by atoms with Gasteiger partial charge < -0.3 is 9.84 Å². The smallest absolute Gasteiger partial charge is 0.344 e. The molecule has 0 amide bonds. The van der Waals surface area contributed by atoms with Gasteiger partial charge in [-0.15, -0.1) is 0 Å². The van der Waals surface area contributed by atoms with E-state index in [4.69, 9.17) is 9.84 Å². The molecule has 1 atom stereocenters. The van der Waals surface area contributed by atoms with Crippen LogP contribution in [0.15, 0.2) is 12.3 Å². The summed E-state index contributed by atoms with van der Waals surface area (Å²) < 4.78 is 4.76. The van der Waals surface area contributed by atoms with Crippen LogP contribution in [0.25, 0.3) is 0 Å². The van der Waals surface area contributed by atoms with Crippen LogP contribution in [0.4, 0.5) is 0 Å². The Morgan fingerprint density at radius 2 is 2.40 bits per heavy atom. The number of ether oxygens (including phenoxy) is 1. The molecule has 0 saturated carbocycles. The molecule has 0 aromatic rings. The van der Waals surface area contributed by atoms with Gasteiger partial charge in [0.25, 0.3) is 0 Å². The molecule has 1 N–H and O–H groups in total. The molecular weight excluding hydrogens is 143 g/mol. The summed E-state index contributed by atoms with van der Waals surface area (Å²) in [6.07, 6.45) is 4.04. The van der Waals surface area contributed by atoms with Crippen LogP contribution in [0.5, 0.6) is 0 Å². The number of rotatable bonds is 1. The van der Waals surface area contributed by atoms with Crippen LogP contribution in [0.3, 0.4) is 0 Å². The Kier molecular flexibility index (Phi) is 4.77. The summed E-state index contributed by atoms with van der Waals surface area (Å²) in [5.41, 5.74) is 0. The Labute approximate surface area is 81.4 Å². The standard InChI is InChI=1S/C6H8O3.Na/c7-6(8)5-3-1-2-4-9-5;/h2,4-5H,1,3H2,(H,7,8);. The number of aliphatic carboxylic acids is 1. The molecule has 0 spiro atoms. The predicted octanol–water partition coefficient (Wildman–Crippen LogP) is 0.383. The first-order valence-corrected chi connectivity index (χ1v) is 2.84. The van der Waals surface area contributed by atoms with Crippen molar-refractivity contribution < 1.29 is 14.6 Å². The molecule has 1 radical (unpaired) electrons. The number of carboxylic acids is 1. The zero-order valence-electron chi connectivity index (χ0n) is 5.91. The van der Waals surface area contributed by atoms with Gasteiger partial charge in [-0.05, 0) is 18.9 Å². The quantitative estimate of drug-likeness (QED) is 0.551. The molecule has 1 rings (SSSR count).